The number of hydrogen-bond acceptors (Lipinski definition) is 4. The van der Waals surface area contributed by atoms with Gasteiger partial charge in [-0.25, -0.2) is 0 Å². The van der Waals surface area contributed by atoms with Gasteiger partial charge in [0.15, 0.2) is 0 Å². The Morgan fingerprint density at radius 1 is 1.60 bits per heavy atom. The fourth-order valence-corrected chi connectivity index (χ4v) is 1.65. The van der Waals surface area contributed by atoms with Crippen LogP contribution in [-0.2, 0) is 9.53 Å². The van der Waals surface area contributed by atoms with Crippen molar-refractivity contribution >= 4 is 5.91 Å². The van der Waals surface area contributed by atoms with Crippen LogP contribution >= 0.6 is 0 Å². The summed E-state index contributed by atoms with van der Waals surface area (Å²) in [4.78, 5) is 11.1. The zero-order valence-corrected chi connectivity index (χ0v) is 8.95. The Kier molecular flexibility index (Phi) is 5.08. The van der Waals surface area contributed by atoms with E-state index >= 15 is 0 Å². The van der Waals surface area contributed by atoms with Crippen LogP contribution in [0, 0.1) is 17.2 Å². The molecule has 0 saturated heterocycles. The highest BCUT2D eigenvalue weighted by atomic mass is 16.5. The zero-order chi connectivity index (χ0) is 11.1. The highest BCUT2D eigenvalue weighted by Crippen LogP contribution is 2.29. The maximum absolute atomic E-state index is 11.1. The summed E-state index contributed by atoms with van der Waals surface area (Å²) in [7, 11) is 1.93. The molecule has 1 amide bonds. The van der Waals surface area contributed by atoms with E-state index in [2.05, 4.69) is 10.6 Å². The van der Waals surface area contributed by atoms with E-state index in [0.29, 0.717) is 5.92 Å². The Hall–Kier alpha value is -1.12. The quantitative estimate of drug-likeness (QED) is 0.588. The van der Waals surface area contributed by atoms with Crippen molar-refractivity contribution in [1.29, 1.82) is 5.26 Å². The highest BCUT2D eigenvalue weighted by Gasteiger charge is 2.29. The van der Waals surface area contributed by atoms with Gasteiger partial charge in [-0.1, -0.05) is 0 Å². The molecule has 2 N–H and O–H groups in total. The fraction of sp³-hybridized carbons (Fsp3) is 0.800. The molecule has 1 fully saturated rings. The molecule has 0 atom stereocenters. The SMILES string of the molecule is CNCC1CC(OCC(=O)NCC#N)C1. The topological polar surface area (TPSA) is 74.2 Å². The molecular weight excluding hydrogens is 194 g/mol. The average molecular weight is 211 g/mol. The molecule has 0 aromatic rings. The number of nitriles is 1. The first-order valence-electron chi connectivity index (χ1n) is 5.16. The third-order valence-electron chi connectivity index (χ3n) is 2.50. The normalized spacial score (nSPS) is 24.0. The Labute approximate surface area is 89.8 Å². The van der Waals surface area contributed by atoms with Crippen LogP contribution in [0.25, 0.3) is 0 Å². The predicted molar refractivity (Wildman–Crippen MR) is 55.0 cm³/mol. The molecule has 0 heterocycles. The van der Waals surface area contributed by atoms with Crippen molar-refractivity contribution in [2.75, 3.05) is 26.7 Å². The van der Waals surface area contributed by atoms with Crippen LogP contribution in [0.1, 0.15) is 12.8 Å². The molecule has 1 aliphatic rings. The van der Waals surface area contributed by atoms with Crippen molar-refractivity contribution in [3.63, 3.8) is 0 Å². The lowest BCUT2D eigenvalue weighted by Crippen LogP contribution is -2.39. The molecule has 0 aromatic heterocycles. The average Bonchev–Trinajstić information content (AvgIpc) is 2.18. The molecule has 1 aliphatic carbocycles. The minimum absolute atomic E-state index is 0.0508. The minimum Gasteiger partial charge on any atom is -0.368 e. The third-order valence-corrected chi connectivity index (χ3v) is 2.50. The van der Waals surface area contributed by atoms with Gasteiger partial charge >= 0.3 is 0 Å². The van der Waals surface area contributed by atoms with Gasteiger partial charge < -0.3 is 15.4 Å². The van der Waals surface area contributed by atoms with Crippen molar-refractivity contribution in [3.8, 4) is 6.07 Å². The van der Waals surface area contributed by atoms with E-state index in [4.69, 9.17) is 10.00 Å². The number of nitrogens with one attached hydrogen (secondary N) is 2. The molecule has 0 aromatic carbocycles. The van der Waals surface area contributed by atoms with Crippen LogP contribution < -0.4 is 10.6 Å². The number of rotatable bonds is 6. The third kappa shape index (κ3) is 4.28. The van der Waals surface area contributed by atoms with Gasteiger partial charge in [0, 0.05) is 0 Å². The Morgan fingerprint density at radius 2 is 2.33 bits per heavy atom. The summed E-state index contributed by atoms with van der Waals surface area (Å²) < 4.78 is 5.36. The van der Waals surface area contributed by atoms with E-state index in [0.717, 1.165) is 19.4 Å². The number of carbonyl (C=O) groups excluding carboxylic acids is 1. The molecular formula is C10H17N3O2. The number of carbonyl (C=O) groups is 1. The second kappa shape index (κ2) is 6.38. The van der Waals surface area contributed by atoms with Crippen LogP contribution in [0.3, 0.4) is 0 Å². The summed E-state index contributed by atoms with van der Waals surface area (Å²) in [5.74, 6) is 0.468. The summed E-state index contributed by atoms with van der Waals surface area (Å²) in [5, 5.41) is 13.8. The smallest absolute Gasteiger partial charge is 0.246 e. The molecule has 5 nitrogen and oxygen atoms in total. The van der Waals surface area contributed by atoms with Gasteiger partial charge in [-0.2, -0.15) is 5.26 Å². The molecule has 0 unspecified atom stereocenters. The summed E-state index contributed by atoms with van der Waals surface area (Å²) in [6.45, 7) is 1.13. The Balaban J connectivity index is 1.98. The standard InChI is InChI=1S/C10H17N3O2/c1-12-6-8-4-9(5-8)15-7-10(14)13-3-2-11/h8-9,12H,3-7H2,1H3,(H,13,14). The molecule has 15 heavy (non-hydrogen) atoms. The summed E-state index contributed by atoms with van der Waals surface area (Å²) in [5.41, 5.74) is 0. The van der Waals surface area contributed by atoms with E-state index in [1.165, 1.54) is 0 Å². The van der Waals surface area contributed by atoms with Gasteiger partial charge in [-0.15, -0.1) is 0 Å². The molecule has 0 bridgehead atoms. The number of hydrogen-bond donors (Lipinski definition) is 2. The van der Waals surface area contributed by atoms with E-state index in [1.54, 1.807) is 0 Å². The number of nitrogens with zero attached hydrogens (tertiary/aromatic N) is 1. The lowest BCUT2D eigenvalue weighted by Gasteiger charge is -2.34. The minimum atomic E-state index is -0.214. The maximum atomic E-state index is 11.1. The molecule has 1 saturated carbocycles. The van der Waals surface area contributed by atoms with Gasteiger partial charge in [0.2, 0.25) is 5.91 Å². The summed E-state index contributed by atoms with van der Waals surface area (Å²) in [6.07, 6.45) is 2.26. The van der Waals surface area contributed by atoms with Crippen LogP contribution in [0.4, 0.5) is 0 Å². The van der Waals surface area contributed by atoms with E-state index in [9.17, 15) is 4.79 Å². The molecule has 1 rings (SSSR count). The second-order valence-electron chi connectivity index (χ2n) is 3.76. The number of amides is 1. The largest absolute Gasteiger partial charge is 0.368 e. The van der Waals surface area contributed by atoms with Gasteiger partial charge in [0.05, 0.1) is 12.2 Å². The zero-order valence-electron chi connectivity index (χ0n) is 8.95. The first-order valence-corrected chi connectivity index (χ1v) is 5.16. The van der Waals surface area contributed by atoms with Crippen molar-refractivity contribution in [3.05, 3.63) is 0 Å². The van der Waals surface area contributed by atoms with Gasteiger partial charge in [0.1, 0.15) is 13.2 Å². The molecule has 0 radical (unpaired) electrons. The van der Waals surface area contributed by atoms with Crippen molar-refractivity contribution in [2.24, 2.45) is 5.92 Å². The maximum Gasteiger partial charge on any atom is 0.246 e. The molecule has 84 valence electrons. The predicted octanol–water partition coefficient (Wildman–Crippen LogP) is -0.359. The fourth-order valence-electron chi connectivity index (χ4n) is 1.65. The summed E-state index contributed by atoms with van der Waals surface area (Å²) in [6, 6.07) is 1.84. The number of ether oxygens (including phenoxy) is 1. The second-order valence-corrected chi connectivity index (χ2v) is 3.76. The van der Waals surface area contributed by atoms with Crippen molar-refractivity contribution < 1.29 is 9.53 Å². The monoisotopic (exact) mass is 211 g/mol. The lowest BCUT2D eigenvalue weighted by atomic mass is 9.82. The lowest BCUT2D eigenvalue weighted by molar-refractivity contribution is -0.130. The molecule has 0 spiro atoms. The van der Waals surface area contributed by atoms with Gasteiger partial charge in [-0.3, -0.25) is 4.79 Å². The molecule has 5 heteroatoms. The van der Waals surface area contributed by atoms with E-state index in [-0.39, 0.29) is 25.2 Å². The van der Waals surface area contributed by atoms with E-state index in [1.807, 2.05) is 13.1 Å². The van der Waals surface area contributed by atoms with E-state index < -0.39 is 0 Å². The van der Waals surface area contributed by atoms with Crippen LogP contribution in [0.15, 0.2) is 0 Å². The Bertz CT molecular complexity index is 244. The van der Waals surface area contributed by atoms with Crippen LogP contribution in [0.2, 0.25) is 0 Å². The van der Waals surface area contributed by atoms with Gasteiger partial charge in [0.25, 0.3) is 0 Å². The van der Waals surface area contributed by atoms with Crippen molar-refractivity contribution in [2.45, 2.75) is 18.9 Å². The first kappa shape index (κ1) is 12.0. The highest BCUT2D eigenvalue weighted by molar-refractivity contribution is 5.77. The first-order chi connectivity index (χ1) is 7.26. The van der Waals surface area contributed by atoms with Crippen molar-refractivity contribution in [1.82, 2.24) is 10.6 Å². The van der Waals surface area contributed by atoms with Crippen LogP contribution in [0.5, 0.6) is 0 Å². The van der Waals surface area contributed by atoms with Crippen LogP contribution in [-0.4, -0.2) is 38.8 Å². The van der Waals surface area contributed by atoms with Gasteiger partial charge in [-0.05, 0) is 32.4 Å². The summed E-state index contributed by atoms with van der Waals surface area (Å²) >= 11 is 0. The Morgan fingerprint density at radius 3 is 2.93 bits per heavy atom. The molecule has 0 aliphatic heterocycles.